The lowest BCUT2D eigenvalue weighted by Crippen LogP contribution is -2.55. The van der Waals surface area contributed by atoms with Crippen LogP contribution in [0, 0.1) is 12.8 Å². The van der Waals surface area contributed by atoms with Gasteiger partial charge in [0.05, 0.1) is 0 Å². The maximum absolute atomic E-state index is 14.1. The van der Waals surface area contributed by atoms with Crippen LogP contribution in [0.5, 0.6) is 5.75 Å². The highest BCUT2D eigenvalue weighted by atomic mass is 16.6. The van der Waals surface area contributed by atoms with Crippen molar-refractivity contribution in [3.8, 4) is 5.75 Å². The van der Waals surface area contributed by atoms with Gasteiger partial charge in [0.25, 0.3) is 0 Å². The number of aryl methyl sites for hydroxylation is 1. The summed E-state index contributed by atoms with van der Waals surface area (Å²) in [6.45, 7) is 13.6. The number of nitrogens with one attached hydrogen (secondary N) is 2. The molecular weight excluding hydrogens is 458 g/mol. The quantitative estimate of drug-likeness (QED) is 0.349. The fourth-order valence-corrected chi connectivity index (χ4v) is 4.12. The van der Waals surface area contributed by atoms with Gasteiger partial charge in [0.2, 0.25) is 11.8 Å². The lowest BCUT2D eigenvalue weighted by molar-refractivity contribution is -0.144. The summed E-state index contributed by atoms with van der Waals surface area (Å²) in [5, 5.41) is 15.9. The highest BCUT2D eigenvalue weighted by molar-refractivity contribution is 5.92. The van der Waals surface area contributed by atoms with Crippen LogP contribution in [0.25, 0.3) is 0 Å². The summed E-state index contributed by atoms with van der Waals surface area (Å²) in [4.78, 5) is 42.0. The van der Waals surface area contributed by atoms with Crippen LogP contribution in [0.15, 0.2) is 18.2 Å². The molecule has 1 fully saturated rings. The molecule has 1 saturated carbocycles. The molecule has 3 amide bonds. The minimum atomic E-state index is -0.863. The van der Waals surface area contributed by atoms with E-state index in [9.17, 15) is 19.5 Å². The van der Waals surface area contributed by atoms with Gasteiger partial charge in [-0.15, -0.1) is 0 Å². The van der Waals surface area contributed by atoms with Crippen LogP contribution in [0.3, 0.4) is 0 Å². The first-order valence-corrected chi connectivity index (χ1v) is 13.3. The maximum atomic E-state index is 14.1. The molecule has 1 aliphatic rings. The smallest absolute Gasteiger partial charge is 0.408 e. The summed E-state index contributed by atoms with van der Waals surface area (Å²) in [6.07, 6.45) is 4.50. The van der Waals surface area contributed by atoms with Crippen LogP contribution in [0.1, 0.15) is 97.2 Å². The summed E-state index contributed by atoms with van der Waals surface area (Å²) in [5.41, 5.74) is 0.567. The van der Waals surface area contributed by atoms with Gasteiger partial charge in [-0.1, -0.05) is 46.1 Å². The zero-order valence-corrected chi connectivity index (χ0v) is 23.0. The van der Waals surface area contributed by atoms with Crippen LogP contribution in [-0.4, -0.2) is 52.1 Å². The topological polar surface area (TPSA) is 108 Å². The molecule has 36 heavy (non-hydrogen) atoms. The van der Waals surface area contributed by atoms with E-state index in [1.54, 1.807) is 50.8 Å². The molecule has 202 valence electrons. The van der Waals surface area contributed by atoms with E-state index in [0.29, 0.717) is 24.1 Å². The number of alkyl carbamates (subject to hydrolysis) is 1. The standard InChI is InChI=1S/C28H45N3O5/c1-8-10-11-16-29-25(33)24(20-12-15-22(32)19(4)17-20)31(21-13-14-21)26(34)23(18(3)9-2)30-27(35)36-28(5,6)7/h12,15,17-18,21,23-24,32H,8-11,13-14,16H2,1-7H3,(H,29,33)(H,30,35). The third kappa shape index (κ3) is 8.42. The molecule has 8 nitrogen and oxygen atoms in total. The summed E-state index contributed by atoms with van der Waals surface area (Å²) >= 11 is 0. The third-order valence-corrected chi connectivity index (χ3v) is 6.49. The van der Waals surface area contributed by atoms with Crippen molar-refractivity contribution in [3.05, 3.63) is 29.3 Å². The van der Waals surface area contributed by atoms with E-state index in [4.69, 9.17) is 4.74 Å². The Bertz CT molecular complexity index is 907. The Kier molecular flexibility index (Phi) is 10.6. The van der Waals surface area contributed by atoms with Crippen LogP contribution in [0.4, 0.5) is 4.79 Å². The number of hydrogen-bond donors (Lipinski definition) is 3. The van der Waals surface area contributed by atoms with E-state index in [1.807, 2.05) is 13.8 Å². The van der Waals surface area contributed by atoms with E-state index in [0.717, 1.165) is 32.1 Å². The molecule has 0 spiro atoms. The Morgan fingerprint density at radius 3 is 2.36 bits per heavy atom. The molecule has 8 heteroatoms. The zero-order chi connectivity index (χ0) is 27.0. The van der Waals surface area contributed by atoms with Gasteiger partial charge < -0.3 is 25.4 Å². The number of carbonyl (C=O) groups excluding carboxylic acids is 3. The first-order valence-electron chi connectivity index (χ1n) is 13.3. The predicted molar refractivity (Wildman–Crippen MR) is 141 cm³/mol. The molecule has 3 atom stereocenters. The number of phenols is 1. The highest BCUT2D eigenvalue weighted by Gasteiger charge is 2.45. The predicted octanol–water partition coefficient (Wildman–Crippen LogP) is 4.98. The number of carbonyl (C=O) groups is 3. The maximum Gasteiger partial charge on any atom is 0.408 e. The number of nitrogens with zero attached hydrogens (tertiary/aromatic N) is 1. The monoisotopic (exact) mass is 503 g/mol. The molecule has 0 bridgehead atoms. The van der Waals surface area contributed by atoms with Crippen molar-refractivity contribution >= 4 is 17.9 Å². The van der Waals surface area contributed by atoms with Gasteiger partial charge in [0, 0.05) is 12.6 Å². The third-order valence-electron chi connectivity index (χ3n) is 6.49. The molecule has 1 aromatic carbocycles. The number of phenolic OH excluding ortho intramolecular Hbond substituents is 1. The molecule has 1 aromatic rings. The lowest BCUT2D eigenvalue weighted by atomic mass is 9.95. The van der Waals surface area contributed by atoms with Gasteiger partial charge in [-0.25, -0.2) is 4.79 Å². The average Bonchev–Trinajstić information content (AvgIpc) is 3.63. The second-order valence-electron chi connectivity index (χ2n) is 10.9. The average molecular weight is 504 g/mol. The number of amides is 3. The molecule has 0 aromatic heterocycles. The summed E-state index contributed by atoms with van der Waals surface area (Å²) in [7, 11) is 0. The van der Waals surface area contributed by atoms with Crippen molar-refractivity contribution in [1.29, 1.82) is 0 Å². The van der Waals surface area contributed by atoms with Crippen molar-refractivity contribution in [2.45, 2.75) is 111 Å². The first-order chi connectivity index (χ1) is 16.9. The molecule has 0 aliphatic heterocycles. The van der Waals surface area contributed by atoms with Gasteiger partial charge >= 0.3 is 6.09 Å². The van der Waals surface area contributed by atoms with E-state index in [1.165, 1.54) is 0 Å². The Hall–Kier alpha value is -2.77. The molecule has 0 saturated heterocycles. The number of benzene rings is 1. The molecule has 3 unspecified atom stereocenters. The van der Waals surface area contributed by atoms with Crippen molar-refractivity contribution in [2.24, 2.45) is 5.92 Å². The van der Waals surface area contributed by atoms with E-state index in [-0.39, 0.29) is 29.5 Å². The highest BCUT2D eigenvalue weighted by Crippen LogP contribution is 2.37. The summed E-state index contributed by atoms with van der Waals surface area (Å²) in [6, 6.07) is 3.22. The van der Waals surface area contributed by atoms with Crippen molar-refractivity contribution in [1.82, 2.24) is 15.5 Å². The van der Waals surface area contributed by atoms with E-state index in [2.05, 4.69) is 17.6 Å². The van der Waals surface area contributed by atoms with Crippen molar-refractivity contribution in [2.75, 3.05) is 6.54 Å². The summed E-state index contributed by atoms with van der Waals surface area (Å²) in [5.74, 6) is -0.580. The Balaban J connectivity index is 2.43. The van der Waals surface area contributed by atoms with Crippen LogP contribution in [0.2, 0.25) is 0 Å². The molecule has 2 rings (SSSR count). The molecule has 0 radical (unpaired) electrons. The van der Waals surface area contributed by atoms with Gasteiger partial charge in [0.15, 0.2) is 0 Å². The number of aromatic hydroxyl groups is 1. The second kappa shape index (κ2) is 13.0. The van der Waals surface area contributed by atoms with Crippen LogP contribution < -0.4 is 10.6 Å². The SMILES string of the molecule is CCCCCNC(=O)C(c1ccc(O)c(C)c1)N(C(=O)C(NC(=O)OC(C)(C)C)C(C)CC)C1CC1. The van der Waals surface area contributed by atoms with Gasteiger partial charge in [0.1, 0.15) is 23.4 Å². The normalized spacial score (nSPS) is 16.0. The van der Waals surface area contributed by atoms with Crippen LogP contribution in [-0.2, 0) is 14.3 Å². The molecule has 0 heterocycles. The number of ether oxygens (including phenoxy) is 1. The van der Waals surface area contributed by atoms with Crippen molar-refractivity contribution < 1.29 is 24.2 Å². The first kappa shape index (κ1) is 29.5. The van der Waals surface area contributed by atoms with Gasteiger partial charge in [-0.05, 0) is 76.1 Å². The Morgan fingerprint density at radius 2 is 1.83 bits per heavy atom. The molecule has 3 N–H and O–H groups in total. The fraction of sp³-hybridized carbons (Fsp3) is 0.679. The van der Waals surface area contributed by atoms with Gasteiger partial charge in [-0.3, -0.25) is 9.59 Å². The Morgan fingerprint density at radius 1 is 1.17 bits per heavy atom. The van der Waals surface area contributed by atoms with E-state index < -0.39 is 23.8 Å². The van der Waals surface area contributed by atoms with E-state index >= 15 is 0 Å². The number of unbranched alkanes of at least 4 members (excludes halogenated alkanes) is 2. The second-order valence-corrected chi connectivity index (χ2v) is 10.9. The molecular formula is C28H45N3O5. The minimum absolute atomic E-state index is 0.0926. The summed E-state index contributed by atoms with van der Waals surface area (Å²) < 4.78 is 5.44. The largest absolute Gasteiger partial charge is 0.508 e. The minimum Gasteiger partial charge on any atom is -0.508 e. The van der Waals surface area contributed by atoms with Crippen LogP contribution >= 0.6 is 0 Å². The van der Waals surface area contributed by atoms with Gasteiger partial charge in [-0.2, -0.15) is 0 Å². The fourth-order valence-electron chi connectivity index (χ4n) is 4.12. The Labute approximate surface area is 216 Å². The van der Waals surface area contributed by atoms with Crippen molar-refractivity contribution in [3.63, 3.8) is 0 Å². The zero-order valence-electron chi connectivity index (χ0n) is 23.0. The lowest BCUT2D eigenvalue weighted by Gasteiger charge is -2.36. The number of hydrogen-bond acceptors (Lipinski definition) is 5. The molecule has 1 aliphatic carbocycles. The number of rotatable bonds is 12.